The Morgan fingerprint density at radius 2 is 2.07 bits per heavy atom. The highest BCUT2D eigenvalue weighted by atomic mass is 16.5. The second-order valence-electron chi connectivity index (χ2n) is 3.05. The third kappa shape index (κ3) is 2.70. The van der Waals surface area contributed by atoms with E-state index in [1.165, 1.54) is 0 Å². The Balaban J connectivity index is 2.57. The minimum atomic E-state index is 0.656. The molecular weight excluding hydrogens is 180 g/mol. The molecule has 0 bridgehead atoms. The molecule has 0 aliphatic rings. The van der Waals surface area contributed by atoms with Crippen molar-refractivity contribution in [1.29, 1.82) is 0 Å². The van der Waals surface area contributed by atoms with Gasteiger partial charge < -0.3 is 15.2 Å². The van der Waals surface area contributed by atoms with Gasteiger partial charge in [0.2, 0.25) is 5.89 Å². The molecule has 0 saturated carbocycles. The molecule has 0 spiro atoms. The Kier molecular flexibility index (Phi) is 4.39. The van der Waals surface area contributed by atoms with E-state index in [-0.39, 0.29) is 0 Å². The van der Waals surface area contributed by atoms with Crippen molar-refractivity contribution < 1.29 is 4.52 Å². The van der Waals surface area contributed by atoms with Crippen LogP contribution in [0.5, 0.6) is 0 Å². The van der Waals surface area contributed by atoms with Gasteiger partial charge in [0, 0.05) is 19.5 Å². The molecule has 80 valence electrons. The van der Waals surface area contributed by atoms with E-state index < -0.39 is 0 Å². The Morgan fingerprint density at radius 3 is 2.64 bits per heavy atom. The predicted molar refractivity (Wildman–Crippen MR) is 55.2 cm³/mol. The van der Waals surface area contributed by atoms with Crippen LogP contribution >= 0.6 is 0 Å². The average Bonchev–Trinajstić information content (AvgIpc) is 2.65. The molecule has 14 heavy (non-hydrogen) atoms. The SMILES string of the molecule is CCN(CC)c1noc(CCCN)n1. The first-order valence-corrected chi connectivity index (χ1v) is 5.09. The lowest BCUT2D eigenvalue weighted by atomic mass is 10.3. The number of nitrogens with two attached hydrogens (primary N) is 1. The van der Waals surface area contributed by atoms with Gasteiger partial charge in [0.05, 0.1) is 0 Å². The summed E-state index contributed by atoms with van der Waals surface area (Å²) in [5, 5.41) is 3.91. The van der Waals surface area contributed by atoms with Crippen molar-refractivity contribution in [3.8, 4) is 0 Å². The van der Waals surface area contributed by atoms with Crippen LogP contribution in [0.4, 0.5) is 5.95 Å². The van der Waals surface area contributed by atoms with Crippen molar-refractivity contribution >= 4 is 5.95 Å². The van der Waals surface area contributed by atoms with Crippen LogP contribution in [0, 0.1) is 0 Å². The topological polar surface area (TPSA) is 68.2 Å². The summed E-state index contributed by atoms with van der Waals surface area (Å²) < 4.78 is 5.09. The Bertz CT molecular complexity index is 257. The zero-order valence-corrected chi connectivity index (χ0v) is 8.86. The van der Waals surface area contributed by atoms with E-state index in [9.17, 15) is 0 Å². The number of hydrogen-bond donors (Lipinski definition) is 1. The second kappa shape index (κ2) is 5.59. The lowest BCUT2D eigenvalue weighted by molar-refractivity contribution is 0.375. The molecule has 0 unspecified atom stereocenters. The quantitative estimate of drug-likeness (QED) is 0.732. The average molecular weight is 198 g/mol. The Labute approximate surface area is 84.3 Å². The van der Waals surface area contributed by atoms with Crippen LogP contribution in [0.3, 0.4) is 0 Å². The maximum Gasteiger partial charge on any atom is 0.266 e. The molecule has 0 aliphatic carbocycles. The van der Waals surface area contributed by atoms with E-state index >= 15 is 0 Å². The number of aromatic nitrogens is 2. The molecular formula is C9H18N4O. The number of rotatable bonds is 6. The van der Waals surface area contributed by atoms with E-state index in [2.05, 4.69) is 28.9 Å². The van der Waals surface area contributed by atoms with Gasteiger partial charge in [-0.05, 0) is 32.0 Å². The highest BCUT2D eigenvalue weighted by Crippen LogP contribution is 2.09. The Morgan fingerprint density at radius 1 is 1.36 bits per heavy atom. The monoisotopic (exact) mass is 198 g/mol. The van der Waals surface area contributed by atoms with E-state index in [0.717, 1.165) is 25.9 Å². The van der Waals surface area contributed by atoms with E-state index in [4.69, 9.17) is 10.3 Å². The molecule has 1 rings (SSSR count). The first-order valence-electron chi connectivity index (χ1n) is 5.09. The van der Waals surface area contributed by atoms with Crippen LogP contribution in [0.15, 0.2) is 4.52 Å². The number of hydrogen-bond acceptors (Lipinski definition) is 5. The van der Waals surface area contributed by atoms with Gasteiger partial charge in [-0.15, -0.1) is 0 Å². The molecule has 5 heteroatoms. The summed E-state index contributed by atoms with van der Waals surface area (Å²) in [6.07, 6.45) is 1.66. The lowest BCUT2D eigenvalue weighted by Crippen LogP contribution is -2.23. The molecule has 0 aromatic carbocycles. The van der Waals surface area contributed by atoms with Gasteiger partial charge in [0.1, 0.15) is 0 Å². The van der Waals surface area contributed by atoms with Gasteiger partial charge in [0.15, 0.2) is 0 Å². The molecule has 0 aliphatic heterocycles. The smallest absolute Gasteiger partial charge is 0.266 e. The molecule has 0 amide bonds. The summed E-state index contributed by atoms with van der Waals surface area (Å²) in [5.74, 6) is 1.36. The highest BCUT2D eigenvalue weighted by Gasteiger charge is 2.10. The summed E-state index contributed by atoms with van der Waals surface area (Å²) >= 11 is 0. The minimum absolute atomic E-state index is 0.656. The molecule has 0 radical (unpaired) electrons. The zero-order valence-electron chi connectivity index (χ0n) is 8.86. The van der Waals surface area contributed by atoms with Gasteiger partial charge >= 0.3 is 0 Å². The number of anilines is 1. The number of aryl methyl sites for hydroxylation is 1. The molecule has 2 N–H and O–H groups in total. The van der Waals surface area contributed by atoms with Crippen LogP contribution in [0.1, 0.15) is 26.2 Å². The van der Waals surface area contributed by atoms with Crippen molar-refractivity contribution in [1.82, 2.24) is 10.1 Å². The van der Waals surface area contributed by atoms with Crippen molar-refractivity contribution in [2.45, 2.75) is 26.7 Å². The first-order chi connectivity index (χ1) is 6.81. The fourth-order valence-corrected chi connectivity index (χ4v) is 1.24. The van der Waals surface area contributed by atoms with Crippen molar-refractivity contribution in [3.63, 3.8) is 0 Å². The molecule has 0 atom stereocenters. The van der Waals surface area contributed by atoms with Gasteiger partial charge in [-0.3, -0.25) is 0 Å². The third-order valence-corrected chi connectivity index (χ3v) is 2.10. The molecule has 0 fully saturated rings. The maximum absolute atomic E-state index is 5.40. The molecule has 0 saturated heterocycles. The summed E-state index contributed by atoms with van der Waals surface area (Å²) in [6, 6.07) is 0. The fourth-order valence-electron chi connectivity index (χ4n) is 1.24. The normalized spacial score (nSPS) is 10.5. The van der Waals surface area contributed by atoms with E-state index in [1.54, 1.807) is 0 Å². The van der Waals surface area contributed by atoms with Crippen molar-refractivity contribution in [2.24, 2.45) is 5.73 Å². The molecule has 5 nitrogen and oxygen atoms in total. The van der Waals surface area contributed by atoms with Crippen LogP contribution in [0.2, 0.25) is 0 Å². The standard InChI is InChI=1S/C9H18N4O/c1-3-13(4-2)9-11-8(14-12-9)6-5-7-10/h3-7,10H2,1-2H3. The maximum atomic E-state index is 5.40. The predicted octanol–water partition coefficient (Wildman–Crippen LogP) is 0.807. The fraction of sp³-hybridized carbons (Fsp3) is 0.778. The van der Waals surface area contributed by atoms with Crippen molar-refractivity contribution in [2.75, 3.05) is 24.5 Å². The number of nitrogens with zero attached hydrogens (tertiary/aromatic N) is 3. The van der Waals surface area contributed by atoms with Gasteiger partial charge in [-0.1, -0.05) is 0 Å². The summed E-state index contributed by atoms with van der Waals surface area (Å²) in [6.45, 7) is 6.58. The summed E-state index contributed by atoms with van der Waals surface area (Å²) in [4.78, 5) is 6.33. The minimum Gasteiger partial charge on any atom is -0.339 e. The summed E-state index contributed by atoms with van der Waals surface area (Å²) in [5.41, 5.74) is 5.40. The third-order valence-electron chi connectivity index (χ3n) is 2.10. The Hall–Kier alpha value is -1.10. The van der Waals surface area contributed by atoms with E-state index in [1.807, 2.05) is 0 Å². The van der Waals surface area contributed by atoms with Crippen LogP contribution < -0.4 is 10.6 Å². The van der Waals surface area contributed by atoms with Gasteiger partial charge in [-0.25, -0.2) is 0 Å². The van der Waals surface area contributed by atoms with Crippen LogP contribution in [-0.4, -0.2) is 29.8 Å². The largest absolute Gasteiger partial charge is 0.339 e. The van der Waals surface area contributed by atoms with Gasteiger partial charge in [0.25, 0.3) is 5.95 Å². The van der Waals surface area contributed by atoms with Gasteiger partial charge in [-0.2, -0.15) is 4.98 Å². The molecule has 1 aromatic heterocycles. The van der Waals surface area contributed by atoms with Crippen LogP contribution in [-0.2, 0) is 6.42 Å². The van der Waals surface area contributed by atoms with Crippen LogP contribution in [0.25, 0.3) is 0 Å². The van der Waals surface area contributed by atoms with E-state index in [0.29, 0.717) is 18.4 Å². The molecule has 1 heterocycles. The first kappa shape index (κ1) is 11.0. The highest BCUT2D eigenvalue weighted by molar-refractivity contribution is 5.26. The zero-order chi connectivity index (χ0) is 10.4. The molecule has 1 aromatic rings. The van der Waals surface area contributed by atoms with Crippen molar-refractivity contribution in [3.05, 3.63) is 5.89 Å². The summed E-state index contributed by atoms with van der Waals surface area (Å²) in [7, 11) is 0. The second-order valence-corrected chi connectivity index (χ2v) is 3.05. The lowest BCUT2D eigenvalue weighted by Gasteiger charge is -2.14.